The summed E-state index contributed by atoms with van der Waals surface area (Å²) < 4.78 is 1.46. The van der Waals surface area contributed by atoms with E-state index in [0.717, 1.165) is 19.3 Å². The molecule has 1 aliphatic rings. The summed E-state index contributed by atoms with van der Waals surface area (Å²) in [6, 6.07) is 0. The van der Waals surface area contributed by atoms with Gasteiger partial charge in [-0.05, 0) is 19.3 Å². The third kappa shape index (κ3) is 2.15. The van der Waals surface area contributed by atoms with E-state index in [2.05, 4.69) is 15.4 Å². The van der Waals surface area contributed by atoms with Crippen LogP contribution in [0.1, 0.15) is 19.3 Å². The van der Waals surface area contributed by atoms with E-state index in [9.17, 15) is 4.79 Å². The molecule has 2 rings (SSSR count). The highest BCUT2D eigenvalue weighted by Crippen LogP contribution is 2.30. The predicted octanol–water partition coefficient (Wildman–Crippen LogP) is -0.691. The van der Waals surface area contributed by atoms with E-state index in [-0.39, 0.29) is 24.6 Å². The number of nitrogens with zero attached hydrogens (tertiary/aromatic N) is 3. The van der Waals surface area contributed by atoms with Gasteiger partial charge in [0.25, 0.3) is 0 Å². The molecular weight excluding hydrogens is 196 g/mol. The molecule has 6 nitrogen and oxygen atoms in total. The number of nitrogens with one attached hydrogen (secondary N) is 1. The van der Waals surface area contributed by atoms with Crippen molar-refractivity contribution in [1.82, 2.24) is 20.1 Å². The molecule has 0 aliphatic heterocycles. The van der Waals surface area contributed by atoms with Crippen LogP contribution < -0.4 is 5.32 Å². The summed E-state index contributed by atoms with van der Waals surface area (Å²) in [4.78, 5) is 15.3. The van der Waals surface area contributed by atoms with Crippen LogP contribution in [-0.4, -0.2) is 37.9 Å². The Hall–Kier alpha value is -1.43. The number of carbonyl (C=O) groups is 1. The molecule has 0 aromatic carbocycles. The highest BCUT2D eigenvalue weighted by atomic mass is 16.3. The Morgan fingerprint density at radius 1 is 1.60 bits per heavy atom. The normalized spacial score (nSPS) is 18.2. The number of hydrogen-bond donors (Lipinski definition) is 2. The number of amides is 1. The third-order valence-corrected chi connectivity index (χ3v) is 2.79. The van der Waals surface area contributed by atoms with Crippen molar-refractivity contribution < 1.29 is 9.90 Å². The van der Waals surface area contributed by atoms with E-state index in [1.807, 2.05) is 0 Å². The van der Waals surface area contributed by atoms with Crippen LogP contribution >= 0.6 is 0 Å². The van der Waals surface area contributed by atoms with Crippen molar-refractivity contribution in [2.24, 2.45) is 0 Å². The lowest BCUT2D eigenvalue weighted by Crippen LogP contribution is -2.56. The molecule has 6 heteroatoms. The minimum absolute atomic E-state index is 0.0100. The SMILES string of the molecule is O=C(Cn1cncn1)NC1(CO)CCC1. The van der Waals surface area contributed by atoms with Gasteiger partial charge >= 0.3 is 0 Å². The molecule has 2 N–H and O–H groups in total. The van der Waals surface area contributed by atoms with Crippen molar-refractivity contribution in [2.75, 3.05) is 6.61 Å². The summed E-state index contributed by atoms with van der Waals surface area (Å²) in [5, 5.41) is 15.8. The van der Waals surface area contributed by atoms with Gasteiger partial charge in [-0.1, -0.05) is 0 Å². The number of aliphatic hydroxyl groups is 1. The fourth-order valence-electron chi connectivity index (χ4n) is 1.72. The van der Waals surface area contributed by atoms with Gasteiger partial charge in [-0.15, -0.1) is 0 Å². The Morgan fingerprint density at radius 2 is 2.40 bits per heavy atom. The standard InChI is InChI=1S/C9H14N4O2/c14-5-9(2-1-3-9)12-8(15)4-13-7-10-6-11-13/h6-7,14H,1-5H2,(H,12,15). The Balaban J connectivity index is 1.87. The zero-order chi connectivity index (χ0) is 10.7. The predicted molar refractivity (Wildman–Crippen MR) is 51.8 cm³/mol. The maximum Gasteiger partial charge on any atom is 0.242 e. The molecule has 82 valence electrons. The van der Waals surface area contributed by atoms with Crippen molar-refractivity contribution in [1.29, 1.82) is 0 Å². The second kappa shape index (κ2) is 3.98. The first-order valence-electron chi connectivity index (χ1n) is 4.98. The van der Waals surface area contributed by atoms with Gasteiger partial charge in [-0.25, -0.2) is 9.67 Å². The number of hydrogen-bond acceptors (Lipinski definition) is 4. The summed E-state index contributed by atoms with van der Waals surface area (Å²) in [5.41, 5.74) is -0.377. The van der Waals surface area contributed by atoms with Gasteiger partial charge in [0.1, 0.15) is 19.2 Å². The summed E-state index contributed by atoms with van der Waals surface area (Å²) in [6.45, 7) is 0.165. The van der Waals surface area contributed by atoms with E-state index in [1.165, 1.54) is 17.3 Å². The van der Waals surface area contributed by atoms with Crippen LogP contribution in [0.4, 0.5) is 0 Å². The smallest absolute Gasteiger partial charge is 0.242 e. The van der Waals surface area contributed by atoms with Crippen molar-refractivity contribution in [3.63, 3.8) is 0 Å². The van der Waals surface area contributed by atoms with Gasteiger partial charge in [0.15, 0.2) is 0 Å². The lowest BCUT2D eigenvalue weighted by Gasteiger charge is -2.40. The maximum absolute atomic E-state index is 11.6. The molecule has 1 amide bonds. The Morgan fingerprint density at radius 3 is 2.87 bits per heavy atom. The second-order valence-electron chi connectivity index (χ2n) is 3.93. The first kappa shape index (κ1) is 10.1. The van der Waals surface area contributed by atoms with Gasteiger partial charge in [0.2, 0.25) is 5.91 Å². The van der Waals surface area contributed by atoms with Crippen molar-refractivity contribution in [3.8, 4) is 0 Å². The van der Waals surface area contributed by atoms with E-state index >= 15 is 0 Å². The van der Waals surface area contributed by atoms with E-state index < -0.39 is 0 Å². The topological polar surface area (TPSA) is 80.0 Å². The zero-order valence-electron chi connectivity index (χ0n) is 8.39. The molecule has 15 heavy (non-hydrogen) atoms. The van der Waals surface area contributed by atoms with Gasteiger partial charge in [-0.2, -0.15) is 5.10 Å². The van der Waals surface area contributed by atoms with Crippen LogP contribution in [0.25, 0.3) is 0 Å². The molecule has 0 atom stereocenters. The van der Waals surface area contributed by atoms with E-state index in [4.69, 9.17) is 5.11 Å². The number of carbonyl (C=O) groups excluding carboxylic acids is 1. The highest BCUT2D eigenvalue weighted by molar-refractivity contribution is 5.76. The number of aliphatic hydroxyl groups excluding tert-OH is 1. The van der Waals surface area contributed by atoms with Gasteiger partial charge in [0, 0.05) is 0 Å². The molecule has 1 aromatic heterocycles. The first-order chi connectivity index (χ1) is 7.24. The molecule has 0 bridgehead atoms. The minimum Gasteiger partial charge on any atom is -0.394 e. The summed E-state index contributed by atoms with van der Waals surface area (Å²) in [6.07, 6.45) is 5.65. The van der Waals surface area contributed by atoms with Crippen LogP contribution in [0.3, 0.4) is 0 Å². The Labute approximate surface area is 87.3 Å². The Bertz CT molecular complexity index is 326. The fourth-order valence-corrected chi connectivity index (χ4v) is 1.72. The molecule has 1 aromatic rings. The lowest BCUT2D eigenvalue weighted by atomic mass is 9.77. The minimum atomic E-state index is -0.377. The van der Waals surface area contributed by atoms with Gasteiger partial charge in [0.05, 0.1) is 12.1 Å². The number of rotatable bonds is 4. The lowest BCUT2D eigenvalue weighted by molar-refractivity contribution is -0.125. The molecule has 1 fully saturated rings. The van der Waals surface area contributed by atoms with Crippen LogP contribution in [-0.2, 0) is 11.3 Å². The largest absolute Gasteiger partial charge is 0.394 e. The molecule has 0 radical (unpaired) electrons. The van der Waals surface area contributed by atoms with Gasteiger partial charge < -0.3 is 10.4 Å². The first-order valence-corrected chi connectivity index (χ1v) is 4.98. The average Bonchev–Trinajstić information content (AvgIpc) is 2.64. The molecule has 1 heterocycles. The van der Waals surface area contributed by atoms with Crippen LogP contribution in [0.15, 0.2) is 12.7 Å². The van der Waals surface area contributed by atoms with Gasteiger partial charge in [-0.3, -0.25) is 4.79 Å². The number of aromatic nitrogens is 3. The van der Waals surface area contributed by atoms with Crippen LogP contribution in [0.5, 0.6) is 0 Å². The molecule has 0 spiro atoms. The van der Waals surface area contributed by atoms with Crippen molar-refractivity contribution in [3.05, 3.63) is 12.7 Å². The zero-order valence-corrected chi connectivity index (χ0v) is 8.39. The third-order valence-electron chi connectivity index (χ3n) is 2.79. The van der Waals surface area contributed by atoms with Crippen molar-refractivity contribution in [2.45, 2.75) is 31.3 Å². The van der Waals surface area contributed by atoms with E-state index in [1.54, 1.807) is 0 Å². The van der Waals surface area contributed by atoms with E-state index in [0.29, 0.717) is 0 Å². The highest BCUT2D eigenvalue weighted by Gasteiger charge is 2.37. The summed E-state index contributed by atoms with van der Waals surface area (Å²) >= 11 is 0. The molecule has 1 aliphatic carbocycles. The Kier molecular flexibility index (Phi) is 2.68. The van der Waals surface area contributed by atoms with Crippen LogP contribution in [0.2, 0.25) is 0 Å². The maximum atomic E-state index is 11.6. The molecule has 1 saturated carbocycles. The van der Waals surface area contributed by atoms with Crippen LogP contribution in [0, 0.1) is 0 Å². The quantitative estimate of drug-likeness (QED) is 0.689. The summed E-state index contributed by atoms with van der Waals surface area (Å²) in [7, 11) is 0. The summed E-state index contributed by atoms with van der Waals surface area (Å²) in [5.74, 6) is -0.130. The second-order valence-corrected chi connectivity index (χ2v) is 3.93. The molecule has 0 unspecified atom stereocenters. The molecular formula is C9H14N4O2. The monoisotopic (exact) mass is 210 g/mol. The van der Waals surface area contributed by atoms with Crippen molar-refractivity contribution >= 4 is 5.91 Å². The average molecular weight is 210 g/mol. The molecule has 0 saturated heterocycles. The fraction of sp³-hybridized carbons (Fsp3) is 0.667.